The van der Waals surface area contributed by atoms with Crippen LogP contribution in [0.4, 0.5) is 0 Å². The first kappa shape index (κ1) is 8.10. The number of benzene rings is 1. The Hall–Kier alpha value is -1.51. The maximum absolute atomic E-state index is 9.72. The van der Waals surface area contributed by atoms with E-state index in [4.69, 9.17) is 4.74 Å². The SMILES string of the molecule is COc1ccc2c(c1O)C=NCC2. The highest BCUT2D eigenvalue weighted by Crippen LogP contribution is 2.32. The summed E-state index contributed by atoms with van der Waals surface area (Å²) in [5.74, 6) is 0.704. The summed E-state index contributed by atoms with van der Waals surface area (Å²) in [6.07, 6.45) is 2.60. The van der Waals surface area contributed by atoms with Gasteiger partial charge in [0, 0.05) is 18.3 Å². The van der Waals surface area contributed by atoms with Gasteiger partial charge in [0.2, 0.25) is 0 Å². The largest absolute Gasteiger partial charge is 0.504 e. The summed E-state index contributed by atoms with van der Waals surface area (Å²) in [6, 6.07) is 3.76. The molecule has 1 aliphatic rings. The van der Waals surface area contributed by atoms with Crippen LogP contribution < -0.4 is 4.74 Å². The zero-order valence-electron chi connectivity index (χ0n) is 7.45. The van der Waals surface area contributed by atoms with E-state index in [0.29, 0.717) is 5.75 Å². The molecule has 1 N–H and O–H groups in total. The molecule has 3 nitrogen and oxygen atoms in total. The Bertz CT molecular complexity index is 358. The number of ether oxygens (including phenoxy) is 1. The molecule has 1 heterocycles. The Kier molecular flexibility index (Phi) is 1.93. The normalized spacial score (nSPS) is 13.9. The molecule has 13 heavy (non-hydrogen) atoms. The molecule has 1 aromatic carbocycles. The van der Waals surface area contributed by atoms with Gasteiger partial charge in [-0.2, -0.15) is 0 Å². The molecule has 0 unspecified atom stereocenters. The topological polar surface area (TPSA) is 41.8 Å². The van der Waals surface area contributed by atoms with Gasteiger partial charge in [-0.25, -0.2) is 0 Å². The number of nitrogens with zero attached hydrogens (tertiary/aromatic N) is 1. The fraction of sp³-hybridized carbons (Fsp3) is 0.300. The molecule has 0 radical (unpaired) electrons. The van der Waals surface area contributed by atoms with Crippen LogP contribution in [0.5, 0.6) is 11.5 Å². The second-order valence-electron chi connectivity index (χ2n) is 2.97. The van der Waals surface area contributed by atoms with E-state index in [0.717, 1.165) is 24.1 Å². The maximum atomic E-state index is 9.72. The lowest BCUT2D eigenvalue weighted by atomic mass is 10.0. The first-order valence-corrected chi connectivity index (χ1v) is 4.21. The van der Waals surface area contributed by atoms with E-state index in [-0.39, 0.29) is 5.75 Å². The van der Waals surface area contributed by atoms with E-state index in [1.807, 2.05) is 6.07 Å². The van der Waals surface area contributed by atoms with Gasteiger partial charge in [-0.15, -0.1) is 0 Å². The van der Waals surface area contributed by atoms with Crippen molar-refractivity contribution in [3.63, 3.8) is 0 Å². The van der Waals surface area contributed by atoms with Crippen molar-refractivity contribution >= 4 is 6.21 Å². The van der Waals surface area contributed by atoms with Gasteiger partial charge in [0.25, 0.3) is 0 Å². The van der Waals surface area contributed by atoms with Crippen molar-refractivity contribution in [1.29, 1.82) is 0 Å². The highest BCUT2D eigenvalue weighted by molar-refractivity contribution is 5.87. The monoisotopic (exact) mass is 177 g/mol. The fourth-order valence-electron chi connectivity index (χ4n) is 1.50. The molecule has 3 heteroatoms. The molecule has 0 atom stereocenters. The summed E-state index contributed by atoms with van der Waals surface area (Å²) in [5, 5.41) is 9.72. The molecule has 0 fully saturated rings. The van der Waals surface area contributed by atoms with Crippen molar-refractivity contribution < 1.29 is 9.84 Å². The third-order valence-electron chi connectivity index (χ3n) is 2.22. The molecule has 0 aromatic heterocycles. The van der Waals surface area contributed by atoms with Crippen LogP contribution in [0.2, 0.25) is 0 Å². The van der Waals surface area contributed by atoms with Gasteiger partial charge in [-0.05, 0) is 18.1 Å². The van der Waals surface area contributed by atoms with Crippen LogP contribution in [-0.2, 0) is 6.42 Å². The predicted molar refractivity (Wildman–Crippen MR) is 50.8 cm³/mol. The molecule has 1 aromatic rings. The number of hydrogen-bond acceptors (Lipinski definition) is 3. The number of rotatable bonds is 1. The average Bonchev–Trinajstić information content (AvgIpc) is 2.19. The van der Waals surface area contributed by atoms with Crippen molar-refractivity contribution in [1.82, 2.24) is 0 Å². The molecule has 0 amide bonds. The van der Waals surface area contributed by atoms with Gasteiger partial charge in [-0.1, -0.05) is 6.07 Å². The fourth-order valence-corrected chi connectivity index (χ4v) is 1.50. The molecule has 0 saturated carbocycles. The van der Waals surface area contributed by atoms with Crippen molar-refractivity contribution in [2.45, 2.75) is 6.42 Å². The number of hydrogen-bond donors (Lipinski definition) is 1. The van der Waals surface area contributed by atoms with Gasteiger partial charge < -0.3 is 9.84 Å². The molecular formula is C10H11NO2. The van der Waals surface area contributed by atoms with Gasteiger partial charge in [0.05, 0.1) is 7.11 Å². The summed E-state index contributed by atoms with van der Waals surface area (Å²) in [4.78, 5) is 4.11. The van der Waals surface area contributed by atoms with Gasteiger partial charge in [-0.3, -0.25) is 4.99 Å². The zero-order valence-corrected chi connectivity index (χ0v) is 7.45. The molecule has 2 rings (SSSR count). The molecule has 0 saturated heterocycles. The summed E-state index contributed by atoms with van der Waals surface area (Å²) in [6.45, 7) is 0.804. The van der Waals surface area contributed by atoms with E-state index >= 15 is 0 Å². The van der Waals surface area contributed by atoms with Gasteiger partial charge in [0.15, 0.2) is 11.5 Å². The van der Waals surface area contributed by atoms with Crippen molar-refractivity contribution in [3.8, 4) is 11.5 Å². The van der Waals surface area contributed by atoms with E-state index in [1.54, 1.807) is 19.4 Å². The van der Waals surface area contributed by atoms with Crippen molar-refractivity contribution in [3.05, 3.63) is 23.3 Å². The first-order valence-electron chi connectivity index (χ1n) is 4.21. The van der Waals surface area contributed by atoms with Crippen LogP contribution >= 0.6 is 0 Å². The molecule has 1 aliphatic heterocycles. The van der Waals surface area contributed by atoms with E-state index < -0.39 is 0 Å². The Morgan fingerprint density at radius 1 is 1.46 bits per heavy atom. The Labute approximate surface area is 76.7 Å². The van der Waals surface area contributed by atoms with Crippen molar-refractivity contribution in [2.75, 3.05) is 13.7 Å². The maximum Gasteiger partial charge on any atom is 0.166 e. The van der Waals surface area contributed by atoms with E-state index in [2.05, 4.69) is 4.99 Å². The van der Waals surface area contributed by atoms with Crippen LogP contribution in [0.1, 0.15) is 11.1 Å². The van der Waals surface area contributed by atoms with Crippen LogP contribution in [-0.4, -0.2) is 25.0 Å². The quantitative estimate of drug-likeness (QED) is 0.704. The summed E-state index contributed by atoms with van der Waals surface area (Å²) in [5.41, 5.74) is 1.93. The van der Waals surface area contributed by atoms with E-state index in [9.17, 15) is 5.11 Å². The zero-order chi connectivity index (χ0) is 9.26. The summed E-state index contributed by atoms with van der Waals surface area (Å²) < 4.78 is 5.00. The highest BCUT2D eigenvalue weighted by atomic mass is 16.5. The molecule has 0 bridgehead atoms. The number of phenolic OH excluding ortho intramolecular Hbond substituents is 1. The van der Waals surface area contributed by atoms with Gasteiger partial charge >= 0.3 is 0 Å². The minimum Gasteiger partial charge on any atom is -0.504 e. The number of methoxy groups -OCH3 is 1. The summed E-state index contributed by atoms with van der Waals surface area (Å²) in [7, 11) is 1.54. The van der Waals surface area contributed by atoms with Crippen LogP contribution in [0.25, 0.3) is 0 Å². The molecule has 0 spiro atoms. The lowest BCUT2D eigenvalue weighted by Crippen LogP contribution is -2.03. The predicted octanol–water partition coefficient (Wildman–Crippen LogP) is 1.38. The number of fused-ring (bicyclic) bond motifs is 1. The first-order chi connectivity index (χ1) is 6.33. The second-order valence-corrected chi connectivity index (χ2v) is 2.97. The number of aromatic hydroxyl groups is 1. The van der Waals surface area contributed by atoms with Crippen LogP contribution in [0.15, 0.2) is 17.1 Å². The van der Waals surface area contributed by atoms with Crippen molar-refractivity contribution in [2.24, 2.45) is 4.99 Å². The number of phenols is 1. The highest BCUT2D eigenvalue weighted by Gasteiger charge is 2.13. The Balaban J connectivity index is 2.57. The third kappa shape index (κ3) is 1.26. The minimum atomic E-state index is 0.198. The summed E-state index contributed by atoms with van der Waals surface area (Å²) >= 11 is 0. The lowest BCUT2D eigenvalue weighted by Gasteiger charge is -2.13. The smallest absolute Gasteiger partial charge is 0.166 e. The Morgan fingerprint density at radius 2 is 2.31 bits per heavy atom. The Morgan fingerprint density at radius 3 is 3.08 bits per heavy atom. The molecule has 0 aliphatic carbocycles. The number of aliphatic imine (C=N–C) groups is 1. The van der Waals surface area contributed by atoms with E-state index in [1.165, 1.54) is 0 Å². The lowest BCUT2D eigenvalue weighted by molar-refractivity contribution is 0.372. The molecule has 68 valence electrons. The third-order valence-corrected chi connectivity index (χ3v) is 2.22. The average molecular weight is 177 g/mol. The van der Waals surface area contributed by atoms with Crippen LogP contribution in [0.3, 0.4) is 0 Å². The second kappa shape index (κ2) is 3.09. The van der Waals surface area contributed by atoms with Gasteiger partial charge in [0.1, 0.15) is 0 Å². The molecular weight excluding hydrogens is 166 g/mol. The standard InChI is InChI=1S/C10H11NO2/c1-13-9-3-2-7-4-5-11-6-8(7)10(9)12/h2-3,6,12H,4-5H2,1H3. The van der Waals surface area contributed by atoms with Crippen LogP contribution in [0, 0.1) is 0 Å². The minimum absolute atomic E-state index is 0.198.